The fraction of sp³-hybridized carbons (Fsp3) is 0.353. The molecule has 0 amide bonds. The van der Waals surface area contributed by atoms with Crippen LogP contribution in [0.2, 0.25) is 0 Å². The van der Waals surface area contributed by atoms with E-state index in [4.69, 9.17) is 4.74 Å². The minimum absolute atomic E-state index is 0.0465. The first-order valence-corrected chi connectivity index (χ1v) is 16.7. The smallest absolute Gasteiger partial charge is 0.384 e. The summed E-state index contributed by atoms with van der Waals surface area (Å²) in [6.07, 6.45) is -0.916. The number of halogens is 3. The number of ether oxygens (including phenoxy) is 1. The molecule has 4 heterocycles. The first-order chi connectivity index (χ1) is 23.1. The van der Waals surface area contributed by atoms with Crippen molar-refractivity contribution >= 4 is 40.3 Å². The van der Waals surface area contributed by atoms with E-state index in [2.05, 4.69) is 31.0 Å². The number of nitrogens with one attached hydrogen (secondary N) is 3. The Labute approximate surface area is 280 Å². The predicted octanol–water partition coefficient (Wildman–Crippen LogP) is 6.39. The van der Waals surface area contributed by atoms with Gasteiger partial charge in [-0.2, -0.15) is 23.3 Å². The number of alkyl halides is 3. The molecule has 0 atom stereocenters. The van der Waals surface area contributed by atoms with Crippen LogP contribution in [-0.2, 0) is 17.5 Å². The Kier molecular flexibility index (Phi) is 10.0. The topological polar surface area (TPSA) is 111 Å². The van der Waals surface area contributed by atoms with Crippen molar-refractivity contribution in [2.75, 3.05) is 43.2 Å². The zero-order valence-corrected chi connectivity index (χ0v) is 27.7. The van der Waals surface area contributed by atoms with Gasteiger partial charge in [0.05, 0.1) is 35.7 Å². The van der Waals surface area contributed by atoms with Crippen LogP contribution in [0.4, 0.5) is 30.5 Å². The summed E-state index contributed by atoms with van der Waals surface area (Å²) in [5, 5.41) is 15.2. The fourth-order valence-corrected chi connectivity index (χ4v) is 6.85. The van der Waals surface area contributed by atoms with Gasteiger partial charge < -0.3 is 20.7 Å². The van der Waals surface area contributed by atoms with Gasteiger partial charge in [0.25, 0.3) is 5.56 Å². The molecule has 0 radical (unpaired) electrons. The standard InChI is InChI=1S/C34H37F3N8O2S/c1-21-30(22(2)45(43-21)48-17-16-47-3)28-18-24-19-39-33(41-26-10-8-25(9-11-26)40-27-12-14-38-15-13-27)42-31(24)44(32(28)46)20-23-6-4-5-7-29(23)34(35,36)37/h4-11,18-19,27,38,40H,12-17,20H2,1-3H3,(H,39,41,42). The van der Waals surface area contributed by atoms with Crippen LogP contribution in [0, 0.1) is 13.8 Å². The van der Waals surface area contributed by atoms with E-state index in [0.717, 1.165) is 49.1 Å². The average molecular weight is 679 g/mol. The first-order valence-electron chi connectivity index (χ1n) is 15.7. The van der Waals surface area contributed by atoms with Gasteiger partial charge in [0, 0.05) is 47.4 Å². The van der Waals surface area contributed by atoms with Crippen LogP contribution in [0.25, 0.3) is 22.2 Å². The Hall–Kier alpha value is -4.40. The first kappa shape index (κ1) is 33.5. The lowest BCUT2D eigenvalue weighted by Crippen LogP contribution is -2.35. The highest BCUT2D eigenvalue weighted by molar-refractivity contribution is 7.97. The highest BCUT2D eigenvalue weighted by Gasteiger charge is 2.33. The highest BCUT2D eigenvalue weighted by Crippen LogP contribution is 2.33. The number of piperidine rings is 1. The molecule has 6 rings (SSSR count). The summed E-state index contributed by atoms with van der Waals surface area (Å²) in [6.45, 7) is 5.82. The average Bonchev–Trinajstić information content (AvgIpc) is 3.35. The number of methoxy groups -OCH3 is 1. The molecule has 0 aliphatic carbocycles. The van der Waals surface area contributed by atoms with Crippen molar-refractivity contribution in [2.45, 2.75) is 45.5 Å². The molecule has 0 unspecified atom stereocenters. The van der Waals surface area contributed by atoms with Gasteiger partial charge in [0.1, 0.15) is 5.65 Å². The van der Waals surface area contributed by atoms with Gasteiger partial charge in [-0.25, -0.2) is 9.07 Å². The Morgan fingerprint density at radius 1 is 1.06 bits per heavy atom. The van der Waals surface area contributed by atoms with Crippen molar-refractivity contribution in [1.82, 2.24) is 29.0 Å². The van der Waals surface area contributed by atoms with Crippen LogP contribution in [0.5, 0.6) is 0 Å². The highest BCUT2D eigenvalue weighted by atomic mass is 32.2. The van der Waals surface area contributed by atoms with Crippen LogP contribution in [0.1, 0.15) is 35.4 Å². The van der Waals surface area contributed by atoms with Crippen LogP contribution < -0.4 is 21.5 Å². The molecule has 10 nitrogen and oxygen atoms in total. The third-order valence-electron chi connectivity index (χ3n) is 8.35. The van der Waals surface area contributed by atoms with Gasteiger partial charge in [-0.1, -0.05) is 18.2 Å². The Bertz CT molecular complexity index is 1950. The third-order valence-corrected chi connectivity index (χ3v) is 9.30. The summed E-state index contributed by atoms with van der Waals surface area (Å²) >= 11 is 1.44. The van der Waals surface area contributed by atoms with E-state index in [0.29, 0.717) is 40.6 Å². The van der Waals surface area contributed by atoms with Gasteiger partial charge in [-0.15, -0.1) is 0 Å². The molecule has 14 heteroatoms. The lowest BCUT2D eigenvalue weighted by molar-refractivity contribution is -0.138. The minimum Gasteiger partial charge on any atom is -0.384 e. The number of nitrogens with zero attached hydrogens (tertiary/aromatic N) is 5. The normalized spacial score (nSPS) is 14.0. The number of fused-ring (bicyclic) bond motifs is 1. The molecule has 0 bridgehead atoms. The number of rotatable bonds is 11. The van der Waals surface area contributed by atoms with Crippen LogP contribution >= 0.6 is 11.9 Å². The zero-order chi connectivity index (χ0) is 33.8. The van der Waals surface area contributed by atoms with Crippen LogP contribution in [0.3, 0.4) is 0 Å². The monoisotopic (exact) mass is 678 g/mol. The molecule has 5 aromatic rings. The Morgan fingerprint density at radius 3 is 2.52 bits per heavy atom. The zero-order valence-electron chi connectivity index (χ0n) is 26.9. The lowest BCUT2D eigenvalue weighted by atomic mass is 10.0. The summed E-state index contributed by atoms with van der Waals surface area (Å²) in [5.41, 5.74) is 2.88. The van der Waals surface area contributed by atoms with Crippen molar-refractivity contribution in [3.63, 3.8) is 0 Å². The predicted molar refractivity (Wildman–Crippen MR) is 184 cm³/mol. The molecule has 1 fully saturated rings. The SMILES string of the molecule is COCCSn1nc(C)c(-c2cc3cnc(Nc4ccc(NC5CCNCC5)cc4)nc3n(Cc3ccccc3C(F)(F)F)c2=O)c1C. The Balaban J connectivity index is 1.39. The van der Waals surface area contributed by atoms with Gasteiger partial charge in [-0.05, 0) is 93.7 Å². The molecule has 0 spiro atoms. The van der Waals surface area contributed by atoms with Crippen LogP contribution in [-0.4, -0.2) is 62.3 Å². The molecule has 48 heavy (non-hydrogen) atoms. The molecule has 1 aliphatic heterocycles. The molecule has 3 aromatic heterocycles. The van der Waals surface area contributed by atoms with Gasteiger partial charge in [0.2, 0.25) is 5.95 Å². The second kappa shape index (κ2) is 14.4. The number of aryl methyl sites for hydroxylation is 1. The van der Waals surface area contributed by atoms with E-state index in [1.807, 2.05) is 31.2 Å². The second-order valence-corrected chi connectivity index (χ2v) is 12.7. The lowest BCUT2D eigenvalue weighted by Gasteiger charge is -2.24. The number of pyridine rings is 1. The van der Waals surface area contributed by atoms with E-state index >= 15 is 0 Å². The molecule has 2 aromatic carbocycles. The van der Waals surface area contributed by atoms with E-state index in [1.165, 1.54) is 34.7 Å². The van der Waals surface area contributed by atoms with Gasteiger partial charge >= 0.3 is 6.18 Å². The van der Waals surface area contributed by atoms with E-state index in [-0.39, 0.29) is 23.7 Å². The largest absolute Gasteiger partial charge is 0.416 e. The molecular weight excluding hydrogens is 641 g/mol. The third kappa shape index (κ3) is 7.35. The van der Waals surface area contributed by atoms with Crippen molar-refractivity contribution in [3.8, 4) is 11.1 Å². The maximum Gasteiger partial charge on any atom is 0.416 e. The maximum absolute atomic E-state index is 14.3. The number of benzene rings is 2. The van der Waals surface area contributed by atoms with E-state index in [1.54, 1.807) is 30.4 Å². The summed E-state index contributed by atoms with van der Waals surface area (Å²) < 4.78 is 50.4. The Morgan fingerprint density at radius 2 is 1.79 bits per heavy atom. The summed E-state index contributed by atoms with van der Waals surface area (Å²) in [6, 6.07) is 15.1. The summed E-state index contributed by atoms with van der Waals surface area (Å²) in [4.78, 5) is 23.5. The summed E-state index contributed by atoms with van der Waals surface area (Å²) in [7, 11) is 1.62. The molecule has 0 saturated carbocycles. The number of aromatic nitrogens is 5. The van der Waals surface area contributed by atoms with Crippen molar-refractivity contribution in [1.29, 1.82) is 0 Å². The molecule has 1 aliphatic rings. The number of hydrogen-bond donors (Lipinski definition) is 3. The van der Waals surface area contributed by atoms with Crippen molar-refractivity contribution in [2.24, 2.45) is 0 Å². The minimum atomic E-state index is -4.60. The van der Waals surface area contributed by atoms with Gasteiger partial charge in [0.15, 0.2) is 0 Å². The van der Waals surface area contributed by atoms with E-state index in [9.17, 15) is 18.0 Å². The number of anilines is 3. The fourth-order valence-electron chi connectivity index (χ4n) is 5.97. The molecular formula is C34H37F3N8O2S. The van der Waals surface area contributed by atoms with E-state index < -0.39 is 17.3 Å². The van der Waals surface area contributed by atoms with Gasteiger partial charge in [-0.3, -0.25) is 9.36 Å². The van der Waals surface area contributed by atoms with Crippen molar-refractivity contribution in [3.05, 3.63) is 93.7 Å². The van der Waals surface area contributed by atoms with Crippen LogP contribution in [0.15, 0.2) is 65.6 Å². The maximum atomic E-state index is 14.3. The van der Waals surface area contributed by atoms with Crippen molar-refractivity contribution < 1.29 is 17.9 Å². The number of hydrogen-bond acceptors (Lipinski definition) is 9. The quantitative estimate of drug-likeness (QED) is 0.137. The molecule has 3 N–H and O–H groups in total. The molecule has 252 valence electrons. The second-order valence-electron chi connectivity index (χ2n) is 11.7. The summed E-state index contributed by atoms with van der Waals surface area (Å²) in [5.74, 6) is 0.858. The molecule has 1 saturated heterocycles.